The summed E-state index contributed by atoms with van der Waals surface area (Å²) in [6, 6.07) is 4.90. The first-order valence-corrected chi connectivity index (χ1v) is 10.6. The van der Waals surface area contributed by atoms with E-state index in [0.717, 1.165) is 59.6 Å². The highest BCUT2D eigenvalue weighted by Crippen LogP contribution is 2.35. The van der Waals surface area contributed by atoms with Crippen LogP contribution in [0.15, 0.2) is 17.5 Å². The van der Waals surface area contributed by atoms with Crippen LogP contribution in [0.5, 0.6) is 0 Å². The Bertz CT molecular complexity index is 985. The maximum absolute atomic E-state index is 11.4. The van der Waals surface area contributed by atoms with E-state index < -0.39 is 0 Å². The van der Waals surface area contributed by atoms with Gasteiger partial charge in [-0.05, 0) is 50.5 Å². The molecule has 2 saturated heterocycles. The molecule has 2 atom stereocenters. The Morgan fingerprint density at radius 1 is 1.29 bits per heavy atom. The SMILES string of the molecule is Cc1cc(Nc2nc(NC3CC4CCCC(C3)N4C=O)nc3ccsc23)n[nH]1. The van der Waals surface area contributed by atoms with Gasteiger partial charge in [0.25, 0.3) is 0 Å². The number of thiophene rings is 1. The summed E-state index contributed by atoms with van der Waals surface area (Å²) in [6.45, 7) is 1.97. The van der Waals surface area contributed by atoms with Gasteiger partial charge in [0.1, 0.15) is 0 Å². The van der Waals surface area contributed by atoms with Crippen molar-refractivity contribution < 1.29 is 4.79 Å². The van der Waals surface area contributed by atoms with Crippen molar-refractivity contribution in [1.29, 1.82) is 0 Å². The fraction of sp³-hybridized carbons (Fsp3) is 0.474. The predicted octanol–water partition coefficient (Wildman–Crippen LogP) is 3.42. The molecule has 3 aromatic heterocycles. The molecule has 146 valence electrons. The van der Waals surface area contributed by atoms with Crippen molar-refractivity contribution in [2.24, 2.45) is 0 Å². The van der Waals surface area contributed by atoms with Gasteiger partial charge in [-0.3, -0.25) is 9.89 Å². The van der Waals surface area contributed by atoms with Gasteiger partial charge in [-0.1, -0.05) is 0 Å². The van der Waals surface area contributed by atoms with Gasteiger partial charge in [0.2, 0.25) is 12.4 Å². The fourth-order valence-corrected chi connectivity index (χ4v) is 5.28. The third-order valence-corrected chi connectivity index (χ3v) is 6.65. The van der Waals surface area contributed by atoms with E-state index in [1.165, 1.54) is 6.42 Å². The fourth-order valence-electron chi connectivity index (χ4n) is 4.51. The van der Waals surface area contributed by atoms with E-state index in [4.69, 9.17) is 9.97 Å². The number of anilines is 3. The number of fused-ring (bicyclic) bond motifs is 3. The quantitative estimate of drug-likeness (QED) is 0.571. The van der Waals surface area contributed by atoms with Crippen molar-refractivity contribution in [2.45, 2.75) is 57.2 Å². The maximum atomic E-state index is 11.4. The molecule has 2 fully saturated rings. The first kappa shape index (κ1) is 17.4. The average Bonchev–Trinajstić information content (AvgIpc) is 3.30. The summed E-state index contributed by atoms with van der Waals surface area (Å²) >= 11 is 1.61. The molecule has 0 radical (unpaired) electrons. The number of H-pyrrole nitrogens is 1. The molecule has 2 aliphatic rings. The Morgan fingerprint density at radius 3 is 2.82 bits per heavy atom. The standard InChI is InChI=1S/C19H23N7OS/c1-11-7-16(25-24-11)22-18-17-15(5-6-28-17)21-19(23-18)20-12-8-13-3-2-4-14(9-12)26(13)10-27/h5-7,10,12-14H,2-4,8-9H2,1H3,(H3,20,21,22,23,24,25). The van der Waals surface area contributed by atoms with Crippen LogP contribution in [-0.2, 0) is 4.79 Å². The summed E-state index contributed by atoms with van der Waals surface area (Å²) < 4.78 is 1.01. The number of piperidine rings is 2. The number of aromatic nitrogens is 4. The molecule has 2 aliphatic heterocycles. The molecule has 28 heavy (non-hydrogen) atoms. The molecular weight excluding hydrogens is 374 g/mol. The zero-order valence-corrected chi connectivity index (χ0v) is 16.5. The number of aryl methyl sites for hydroxylation is 1. The Morgan fingerprint density at radius 2 is 2.11 bits per heavy atom. The van der Waals surface area contributed by atoms with E-state index in [9.17, 15) is 4.79 Å². The molecular formula is C19H23N7OS. The molecule has 3 aromatic rings. The van der Waals surface area contributed by atoms with Crippen LogP contribution in [0.2, 0.25) is 0 Å². The van der Waals surface area contributed by atoms with Crippen molar-refractivity contribution >= 4 is 45.5 Å². The molecule has 0 spiro atoms. The summed E-state index contributed by atoms with van der Waals surface area (Å²) in [5, 5.41) is 16.1. The first-order chi connectivity index (χ1) is 13.7. The molecule has 2 bridgehead atoms. The summed E-state index contributed by atoms with van der Waals surface area (Å²) in [7, 11) is 0. The number of nitrogens with zero attached hydrogens (tertiary/aromatic N) is 4. The molecule has 0 aromatic carbocycles. The van der Waals surface area contributed by atoms with Crippen LogP contribution in [0.25, 0.3) is 10.2 Å². The molecule has 5 heterocycles. The van der Waals surface area contributed by atoms with E-state index >= 15 is 0 Å². The second-order valence-electron chi connectivity index (χ2n) is 7.70. The Balaban J connectivity index is 1.39. The summed E-state index contributed by atoms with van der Waals surface area (Å²) in [5.41, 5.74) is 1.91. The number of aromatic amines is 1. The molecule has 3 N–H and O–H groups in total. The van der Waals surface area contributed by atoms with Gasteiger partial charge in [0, 0.05) is 29.9 Å². The summed E-state index contributed by atoms with van der Waals surface area (Å²) in [5.74, 6) is 2.13. The maximum Gasteiger partial charge on any atom is 0.225 e. The van der Waals surface area contributed by atoms with Gasteiger partial charge in [-0.2, -0.15) is 10.1 Å². The van der Waals surface area contributed by atoms with Gasteiger partial charge in [-0.15, -0.1) is 11.3 Å². The highest BCUT2D eigenvalue weighted by molar-refractivity contribution is 7.17. The lowest BCUT2D eigenvalue weighted by molar-refractivity contribution is -0.126. The lowest BCUT2D eigenvalue weighted by Crippen LogP contribution is -2.54. The third-order valence-electron chi connectivity index (χ3n) is 5.74. The number of hydrogen-bond donors (Lipinski definition) is 3. The Kier molecular flexibility index (Phi) is 4.38. The second-order valence-corrected chi connectivity index (χ2v) is 8.61. The summed E-state index contributed by atoms with van der Waals surface area (Å²) in [4.78, 5) is 22.9. The van der Waals surface area contributed by atoms with E-state index in [-0.39, 0.29) is 6.04 Å². The largest absolute Gasteiger partial charge is 0.351 e. The number of rotatable bonds is 5. The number of carbonyl (C=O) groups excluding carboxylic acids is 1. The van der Waals surface area contributed by atoms with Crippen molar-refractivity contribution in [3.8, 4) is 0 Å². The zero-order chi connectivity index (χ0) is 19.1. The van der Waals surface area contributed by atoms with Crippen LogP contribution in [0.1, 0.15) is 37.8 Å². The number of nitrogens with one attached hydrogen (secondary N) is 3. The number of carbonyl (C=O) groups is 1. The van der Waals surface area contributed by atoms with Crippen molar-refractivity contribution in [3.05, 3.63) is 23.2 Å². The normalized spacial score (nSPS) is 24.3. The van der Waals surface area contributed by atoms with Gasteiger partial charge in [-0.25, -0.2) is 4.98 Å². The molecule has 8 nitrogen and oxygen atoms in total. The molecule has 0 aliphatic carbocycles. The molecule has 5 rings (SSSR count). The van der Waals surface area contributed by atoms with Gasteiger partial charge < -0.3 is 15.5 Å². The van der Waals surface area contributed by atoms with Crippen LogP contribution in [0.3, 0.4) is 0 Å². The van der Waals surface area contributed by atoms with Crippen LogP contribution < -0.4 is 10.6 Å². The van der Waals surface area contributed by atoms with Crippen molar-refractivity contribution in [2.75, 3.05) is 10.6 Å². The van der Waals surface area contributed by atoms with E-state index in [2.05, 4.69) is 20.8 Å². The summed E-state index contributed by atoms with van der Waals surface area (Å²) in [6.07, 6.45) is 6.31. The minimum atomic E-state index is 0.281. The predicted molar refractivity (Wildman–Crippen MR) is 110 cm³/mol. The van der Waals surface area contributed by atoms with Gasteiger partial charge >= 0.3 is 0 Å². The Labute approximate surface area is 166 Å². The van der Waals surface area contributed by atoms with Gasteiger partial charge in [0.15, 0.2) is 11.6 Å². The minimum Gasteiger partial charge on any atom is -0.351 e. The van der Waals surface area contributed by atoms with Crippen molar-refractivity contribution in [3.63, 3.8) is 0 Å². The highest BCUT2D eigenvalue weighted by atomic mass is 32.1. The topological polar surface area (TPSA) is 98.8 Å². The Hall–Kier alpha value is -2.68. The van der Waals surface area contributed by atoms with E-state index in [1.54, 1.807) is 11.3 Å². The lowest BCUT2D eigenvalue weighted by atomic mass is 9.82. The van der Waals surface area contributed by atoms with Crippen LogP contribution in [0, 0.1) is 6.92 Å². The number of hydrogen-bond acceptors (Lipinski definition) is 7. The van der Waals surface area contributed by atoms with Crippen molar-refractivity contribution in [1.82, 2.24) is 25.1 Å². The van der Waals surface area contributed by atoms with E-state index in [1.807, 2.05) is 29.3 Å². The molecule has 9 heteroatoms. The molecule has 0 saturated carbocycles. The zero-order valence-electron chi connectivity index (χ0n) is 15.7. The lowest BCUT2D eigenvalue weighted by Gasteiger charge is -2.47. The molecule has 1 amide bonds. The molecule has 2 unspecified atom stereocenters. The average molecular weight is 398 g/mol. The monoisotopic (exact) mass is 397 g/mol. The van der Waals surface area contributed by atoms with Crippen LogP contribution in [-0.4, -0.2) is 49.6 Å². The van der Waals surface area contributed by atoms with Crippen LogP contribution >= 0.6 is 11.3 Å². The highest BCUT2D eigenvalue weighted by Gasteiger charge is 2.37. The first-order valence-electron chi connectivity index (χ1n) is 9.73. The van der Waals surface area contributed by atoms with Gasteiger partial charge in [0.05, 0.1) is 10.2 Å². The number of amides is 1. The van der Waals surface area contributed by atoms with E-state index in [0.29, 0.717) is 18.0 Å². The smallest absolute Gasteiger partial charge is 0.225 e. The second kappa shape index (κ2) is 7.05. The third kappa shape index (κ3) is 3.19. The van der Waals surface area contributed by atoms with Crippen LogP contribution in [0.4, 0.5) is 17.6 Å². The minimum absolute atomic E-state index is 0.281.